The summed E-state index contributed by atoms with van der Waals surface area (Å²) in [4.78, 5) is 23.3. The molecule has 0 aliphatic heterocycles. The molecule has 0 saturated heterocycles. The van der Waals surface area contributed by atoms with Gasteiger partial charge in [0.25, 0.3) is 0 Å². The molecule has 0 unspecified atom stereocenters. The van der Waals surface area contributed by atoms with E-state index in [2.05, 4.69) is 16.0 Å². The first-order valence-electron chi connectivity index (χ1n) is 7.15. The fraction of sp³-hybridized carbons (Fsp3) is 0.176. The predicted octanol–water partition coefficient (Wildman–Crippen LogP) is 2.59. The number of nitrogens with one attached hydrogen (secondary N) is 3. The van der Waals surface area contributed by atoms with E-state index < -0.39 is 0 Å². The molecule has 0 saturated carbocycles. The number of ether oxygens (including phenoxy) is 1. The zero-order chi connectivity index (χ0) is 16.5. The van der Waals surface area contributed by atoms with Crippen molar-refractivity contribution in [3.05, 3.63) is 60.2 Å². The number of carbonyl (C=O) groups excluding carboxylic acids is 2. The Kier molecular flexibility index (Phi) is 6.14. The van der Waals surface area contributed by atoms with Crippen LogP contribution in [0.4, 0.5) is 16.2 Å². The molecule has 23 heavy (non-hydrogen) atoms. The number of benzene rings is 2. The van der Waals surface area contributed by atoms with Gasteiger partial charge in [0.2, 0.25) is 5.91 Å². The second-order valence-corrected chi connectivity index (χ2v) is 4.86. The summed E-state index contributed by atoms with van der Waals surface area (Å²) in [5.74, 6) is -0.187. The lowest BCUT2D eigenvalue weighted by molar-refractivity contribution is -0.124. The van der Waals surface area contributed by atoms with Crippen molar-refractivity contribution in [2.45, 2.75) is 6.54 Å². The van der Waals surface area contributed by atoms with Gasteiger partial charge in [0.1, 0.15) is 6.61 Å². The van der Waals surface area contributed by atoms with E-state index in [4.69, 9.17) is 4.74 Å². The first-order chi connectivity index (χ1) is 11.2. The van der Waals surface area contributed by atoms with E-state index in [1.54, 1.807) is 24.3 Å². The van der Waals surface area contributed by atoms with Gasteiger partial charge in [-0.3, -0.25) is 4.79 Å². The van der Waals surface area contributed by atoms with Crippen molar-refractivity contribution in [2.24, 2.45) is 0 Å². The molecule has 0 aliphatic carbocycles. The van der Waals surface area contributed by atoms with Crippen LogP contribution in [0.3, 0.4) is 0 Å². The van der Waals surface area contributed by atoms with Crippen LogP contribution < -0.4 is 16.0 Å². The number of amides is 3. The van der Waals surface area contributed by atoms with Crippen LogP contribution in [0.15, 0.2) is 54.6 Å². The van der Waals surface area contributed by atoms with E-state index in [-0.39, 0.29) is 18.5 Å². The minimum absolute atomic E-state index is 0.0252. The number of hydrogen-bond acceptors (Lipinski definition) is 3. The zero-order valence-electron chi connectivity index (χ0n) is 12.8. The molecular weight excluding hydrogens is 294 g/mol. The monoisotopic (exact) mass is 313 g/mol. The lowest BCUT2D eigenvalue weighted by atomic mass is 10.2. The summed E-state index contributed by atoms with van der Waals surface area (Å²) in [5.41, 5.74) is 2.25. The highest BCUT2D eigenvalue weighted by Gasteiger charge is 2.04. The molecule has 3 amide bonds. The largest absolute Gasteiger partial charge is 0.375 e. The van der Waals surface area contributed by atoms with Crippen LogP contribution >= 0.6 is 0 Å². The van der Waals surface area contributed by atoms with E-state index in [1.165, 1.54) is 7.11 Å². The van der Waals surface area contributed by atoms with E-state index in [1.807, 2.05) is 30.3 Å². The van der Waals surface area contributed by atoms with Gasteiger partial charge in [-0.2, -0.15) is 0 Å². The molecule has 6 nitrogen and oxygen atoms in total. The van der Waals surface area contributed by atoms with Gasteiger partial charge in [-0.15, -0.1) is 0 Å². The minimum Gasteiger partial charge on any atom is -0.375 e. The Hall–Kier alpha value is -2.86. The Morgan fingerprint density at radius 3 is 2.39 bits per heavy atom. The van der Waals surface area contributed by atoms with E-state index in [0.717, 1.165) is 5.56 Å². The van der Waals surface area contributed by atoms with Crippen LogP contribution in [0.25, 0.3) is 0 Å². The highest BCUT2D eigenvalue weighted by molar-refractivity contribution is 5.99. The lowest BCUT2D eigenvalue weighted by Crippen LogP contribution is -2.26. The molecular formula is C17H19N3O3. The topological polar surface area (TPSA) is 79.5 Å². The Morgan fingerprint density at radius 2 is 1.65 bits per heavy atom. The van der Waals surface area contributed by atoms with Crippen LogP contribution in [-0.4, -0.2) is 25.7 Å². The third kappa shape index (κ3) is 5.80. The zero-order valence-corrected chi connectivity index (χ0v) is 12.8. The highest BCUT2D eigenvalue weighted by Crippen LogP contribution is 2.12. The summed E-state index contributed by atoms with van der Waals surface area (Å²) in [6.07, 6.45) is 0. The van der Waals surface area contributed by atoms with Gasteiger partial charge in [-0.05, 0) is 29.8 Å². The summed E-state index contributed by atoms with van der Waals surface area (Å²) in [5, 5.41) is 8.22. The van der Waals surface area contributed by atoms with Crippen molar-refractivity contribution < 1.29 is 14.3 Å². The lowest BCUT2D eigenvalue weighted by Gasteiger charge is -2.09. The SMILES string of the molecule is COCC(=O)NCc1cccc(NC(=O)Nc2ccccc2)c1. The van der Waals surface area contributed by atoms with Crippen LogP contribution in [0.5, 0.6) is 0 Å². The van der Waals surface area contributed by atoms with Crippen LogP contribution in [-0.2, 0) is 16.1 Å². The maximum Gasteiger partial charge on any atom is 0.323 e. The average Bonchev–Trinajstić information content (AvgIpc) is 2.54. The molecule has 0 radical (unpaired) electrons. The summed E-state index contributed by atoms with van der Waals surface area (Å²) in [6.45, 7) is 0.398. The van der Waals surface area contributed by atoms with E-state index in [9.17, 15) is 9.59 Å². The quantitative estimate of drug-likeness (QED) is 0.767. The van der Waals surface area contributed by atoms with Crippen LogP contribution in [0.2, 0.25) is 0 Å². The van der Waals surface area contributed by atoms with Gasteiger partial charge in [0, 0.05) is 25.0 Å². The summed E-state index contributed by atoms with van der Waals surface area (Å²) in [6, 6.07) is 16.1. The van der Waals surface area contributed by atoms with Gasteiger partial charge in [-0.25, -0.2) is 4.79 Å². The van der Waals surface area contributed by atoms with Crippen LogP contribution in [0.1, 0.15) is 5.56 Å². The van der Waals surface area contributed by atoms with E-state index >= 15 is 0 Å². The Labute approximate surface area is 134 Å². The van der Waals surface area contributed by atoms with Gasteiger partial charge in [0.05, 0.1) is 0 Å². The van der Waals surface area contributed by atoms with Crippen molar-refractivity contribution in [1.29, 1.82) is 0 Å². The number of methoxy groups -OCH3 is 1. The maximum absolute atomic E-state index is 11.9. The number of para-hydroxylation sites is 1. The second-order valence-electron chi connectivity index (χ2n) is 4.86. The smallest absolute Gasteiger partial charge is 0.323 e. The van der Waals surface area contributed by atoms with Gasteiger partial charge >= 0.3 is 6.03 Å². The van der Waals surface area contributed by atoms with Crippen molar-refractivity contribution in [1.82, 2.24) is 5.32 Å². The number of carbonyl (C=O) groups is 2. The fourth-order valence-electron chi connectivity index (χ4n) is 1.96. The molecule has 2 rings (SSSR count). The standard InChI is InChI=1S/C17H19N3O3/c1-23-12-16(21)18-11-13-6-5-9-15(10-13)20-17(22)19-14-7-3-2-4-8-14/h2-10H,11-12H2,1H3,(H,18,21)(H2,19,20,22). The first kappa shape index (κ1) is 16.5. The first-order valence-corrected chi connectivity index (χ1v) is 7.15. The molecule has 6 heteroatoms. The second kappa shape index (κ2) is 8.55. The van der Waals surface area contributed by atoms with Crippen LogP contribution in [0, 0.1) is 0 Å². The number of rotatable bonds is 6. The summed E-state index contributed by atoms with van der Waals surface area (Å²) >= 11 is 0. The van der Waals surface area contributed by atoms with Gasteiger partial charge in [-0.1, -0.05) is 30.3 Å². The Balaban J connectivity index is 1.89. The molecule has 0 atom stereocenters. The Morgan fingerprint density at radius 1 is 0.957 bits per heavy atom. The number of urea groups is 1. The van der Waals surface area contributed by atoms with Gasteiger partial charge < -0.3 is 20.7 Å². The average molecular weight is 313 g/mol. The predicted molar refractivity (Wildman–Crippen MR) is 89.2 cm³/mol. The molecule has 0 aromatic heterocycles. The summed E-state index contributed by atoms with van der Waals surface area (Å²) in [7, 11) is 1.47. The number of anilines is 2. The molecule has 120 valence electrons. The third-order valence-corrected chi connectivity index (χ3v) is 2.98. The molecule has 2 aromatic carbocycles. The Bertz CT molecular complexity index is 659. The molecule has 0 bridgehead atoms. The normalized spacial score (nSPS) is 9.96. The maximum atomic E-state index is 11.9. The molecule has 0 aliphatic rings. The minimum atomic E-state index is -0.322. The molecule has 0 heterocycles. The number of hydrogen-bond donors (Lipinski definition) is 3. The molecule has 0 spiro atoms. The van der Waals surface area contributed by atoms with E-state index in [0.29, 0.717) is 17.9 Å². The molecule has 3 N–H and O–H groups in total. The molecule has 0 fully saturated rings. The van der Waals surface area contributed by atoms with Gasteiger partial charge in [0.15, 0.2) is 0 Å². The summed E-state index contributed by atoms with van der Waals surface area (Å²) < 4.78 is 4.75. The third-order valence-electron chi connectivity index (χ3n) is 2.98. The van der Waals surface area contributed by atoms with Crippen molar-refractivity contribution in [3.8, 4) is 0 Å². The van der Waals surface area contributed by atoms with Crippen molar-refractivity contribution in [2.75, 3.05) is 24.4 Å². The van der Waals surface area contributed by atoms with Crippen molar-refractivity contribution in [3.63, 3.8) is 0 Å². The van der Waals surface area contributed by atoms with Crippen molar-refractivity contribution >= 4 is 23.3 Å². The highest BCUT2D eigenvalue weighted by atomic mass is 16.5. The molecule has 2 aromatic rings. The fourth-order valence-corrected chi connectivity index (χ4v) is 1.96.